The molecule has 1 aromatic carbocycles. The Bertz CT molecular complexity index is 334. The number of halogens is 2. The lowest BCUT2D eigenvalue weighted by molar-refractivity contribution is 1.15. The minimum atomic E-state index is 0.562. The highest BCUT2D eigenvalue weighted by molar-refractivity contribution is 9.10. The van der Waals surface area contributed by atoms with Gasteiger partial charge in [-0.1, -0.05) is 45.2 Å². The fourth-order valence-electron chi connectivity index (χ4n) is 0.943. The standard InChI is InChI=1S/C10H11BrClN/c1-7(6-13)4-8-2-3-9(11)5-10(8)12/h2-5H,6,13H2,1H3/b7-4-. The Morgan fingerprint density at radius 2 is 2.31 bits per heavy atom. The average Bonchev–Trinajstić information content (AvgIpc) is 2.09. The van der Waals surface area contributed by atoms with Crippen LogP contribution in [0.3, 0.4) is 0 Å². The fourth-order valence-corrected chi connectivity index (χ4v) is 1.67. The van der Waals surface area contributed by atoms with E-state index in [4.69, 9.17) is 17.3 Å². The molecule has 70 valence electrons. The number of hydrogen-bond donors (Lipinski definition) is 1. The molecule has 0 saturated heterocycles. The molecule has 0 aromatic heterocycles. The Morgan fingerprint density at radius 1 is 1.62 bits per heavy atom. The first-order valence-corrected chi connectivity index (χ1v) is 5.13. The molecule has 0 unspecified atom stereocenters. The van der Waals surface area contributed by atoms with Gasteiger partial charge in [0.1, 0.15) is 0 Å². The maximum Gasteiger partial charge on any atom is 0.0489 e. The van der Waals surface area contributed by atoms with Gasteiger partial charge in [-0.15, -0.1) is 0 Å². The highest BCUT2D eigenvalue weighted by atomic mass is 79.9. The van der Waals surface area contributed by atoms with Crippen LogP contribution < -0.4 is 5.73 Å². The van der Waals surface area contributed by atoms with Crippen molar-refractivity contribution in [2.45, 2.75) is 6.92 Å². The third-order valence-corrected chi connectivity index (χ3v) is 2.51. The summed E-state index contributed by atoms with van der Waals surface area (Å²) in [6.45, 7) is 2.55. The van der Waals surface area contributed by atoms with Crippen LogP contribution in [-0.4, -0.2) is 6.54 Å². The van der Waals surface area contributed by atoms with Gasteiger partial charge in [0.25, 0.3) is 0 Å². The Kier molecular flexibility index (Phi) is 3.97. The van der Waals surface area contributed by atoms with Crippen molar-refractivity contribution < 1.29 is 0 Å². The molecule has 3 heteroatoms. The second kappa shape index (κ2) is 4.80. The van der Waals surface area contributed by atoms with Gasteiger partial charge in [-0.2, -0.15) is 0 Å². The zero-order valence-electron chi connectivity index (χ0n) is 7.35. The van der Waals surface area contributed by atoms with Crippen molar-refractivity contribution in [2.75, 3.05) is 6.54 Å². The molecule has 0 bridgehead atoms. The van der Waals surface area contributed by atoms with E-state index in [-0.39, 0.29) is 0 Å². The van der Waals surface area contributed by atoms with Crippen LogP contribution in [0.2, 0.25) is 5.02 Å². The van der Waals surface area contributed by atoms with Gasteiger partial charge in [-0.3, -0.25) is 0 Å². The first-order chi connectivity index (χ1) is 6.13. The van der Waals surface area contributed by atoms with E-state index >= 15 is 0 Å². The zero-order valence-corrected chi connectivity index (χ0v) is 9.69. The Balaban J connectivity index is 3.03. The first-order valence-electron chi connectivity index (χ1n) is 3.96. The second-order valence-corrected chi connectivity index (χ2v) is 4.18. The van der Waals surface area contributed by atoms with Gasteiger partial charge in [-0.05, 0) is 24.6 Å². The van der Waals surface area contributed by atoms with Crippen LogP contribution in [0.25, 0.3) is 6.08 Å². The molecular weight excluding hydrogens is 249 g/mol. The highest BCUT2D eigenvalue weighted by Crippen LogP contribution is 2.23. The molecule has 0 fully saturated rings. The van der Waals surface area contributed by atoms with Gasteiger partial charge in [-0.25, -0.2) is 0 Å². The van der Waals surface area contributed by atoms with Crippen molar-refractivity contribution in [1.82, 2.24) is 0 Å². The maximum absolute atomic E-state index is 6.02. The molecule has 13 heavy (non-hydrogen) atoms. The summed E-state index contributed by atoms with van der Waals surface area (Å²) in [6.07, 6.45) is 1.99. The second-order valence-electron chi connectivity index (χ2n) is 2.86. The van der Waals surface area contributed by atoms with Crippen LogP contribution in [0.5, 0.6) is 0 Å². The van der Waals surface area contributed by atoms with Gasteiger partial charge in [0.15, 0.2) is 0 Å². The van der Waals surface area contributed by atoms with Crippen LogP contribution in [-0.2, 0) is 0 Å². The molecule has 0 radical (unpaired) electrons. The summed E-state index contributed by atoms with van der Waals surface area (Å²) in [5.74, 6) is 0. The maximum atomic E-state index is 6.02. The lowest BCUT2D eigenvalue weighted by Crippen LogP contribution is -1.99. The van der Waals surface area contributed by atoms with Gasteiger partial charge in [0.05, 0.1) is 0 Å². The van der Waals surface area contributed by atoms with Crippen LogP contribution in [0.1, 0.15) is 12.5 Å². The van der Waals surface area contributed by atoms with Gasteiger partial charge in [0, 0.05) is 16.0 Å². The van der Waals surface area contributed by atoms with E-state index in [9.17, 15) is 0 Å². The van der Waals surface area contributed by atoms with Crippen molar-refractivity contribution in [3.63, 3.8) is 0 Å². The minimum Gasteiger partial charge on any atom is -0.327 e. The topological polar surface area (TPSA) is 26.0 Å². The molecule has 1 nitrogen and oxygen atoms in total. The van der Waals surface area contributed by atoms with E-state index in [1.54, 1.807) is 0 Å². The van der Waals surface area contributed by atoms with E-state index in [0.29, 0.717) is 6.54 Å². The molecule has 0 aliphatic rings. The summed E-state index contributed by atoms with van der Waals surface area (Å²) < 4.78 is 0.986. The summed E-state index contributed by atoms with van der Waals surface area (Å²) in [5, 5.41) is 0.738. The molecule has 0 saturated carbocycles. The minimum absolute atomic E-state index is 0.562. The summed E-state index contributed by atoms with van der Waals surface area (Å²) in [4.78, 5) is 0. The smallest absolute Gasteiger partial charge is 0.0489 e. The molecule has 1 rings (SSSR count). The largest absolute Gasteiger partial charge is 0.327 e. The predicted octanol–water partition coefficient (Wildman–Crippen LogP) is 3.46. The summed E-state index contributed by atoms with van der Waals surface area (Å²) in [6, 6.07) is 5.80. The SMILES string of the molecule is C/C(=C/c1ccc(Br)cc1Cl)CN. The van der Waals surface area contributed by atoms with Crippen LogP contribution in [0.15, 0.2) is 28.2 Å². The predicted molar refractivity (Wildman–Crippen MR) is 61.9 cm³/mol. The van der Waals surface area contributed by atoms with E-state index in [1.807, 2.05) is 31.2 Å². The van der Waals surface area contributed by atoms with E-state index in [0.717, 1.165) is 20.6 Å². The average molecular weight is 261 g/mol. The summed E-state index contributed by atoms with van der Waals surface area (Å²) in [7, 11) is 0. The molecular formula is C10H11BrClN. The Labute approximate surface area is 91.7 Å². The van der Waals surface area contributed by atoms with Crippen LogP contribution >= 0.6 is 27.5 Å². The zero-order chi connectivity index (χ0) is 9.84. The van der Waals surface area contributed by atoms with Crippen molar-refractivity contribution in [2.24, 2.45) is 5.73 Å². The summed E-state index contributed by atoms with van der Waals surface area (Å²) >= 11 is 9.36. The normalized spacial score (nSPS) is 11.8. The molecule has 0 atom stereocenters. The van der Waals surface area contributed by atoms with E-state index < -0.39 is 0 Å². The van der Waals surface area contributed by atoms with Crippen molar-refractivity contribution in [3.05, 3.63) is 38.8 Å². The van der Waals surface area contributed by atoms with Gasteiger partial charge >= 0.3 is 0 Å². The van der Waals surface area contributed by atoms with E-state index in [1.165, 1.54) is 0 Å². The van der Waals surface area contributed by atoms with Crippen LogP contribution in [0, 0.1) is 0 Å². The highest BCUT2D eigenvalue weighted by Gasteiger charge is 1.97. The van der Waals surface area contributed by atoms with Crippen molar-refractivity contribution >= 4 is 33.6 Å². The lowest BCUT2D eigenvalue weighted by Gasteiger charge is -2.00. The van der Waals surface area contributed by atoms with Crippen molar-refractivity contribution in [1.29, 1.82) is 0 Å². The molecule has 2 N–H and O–H groups in total. The summed E-state index contributed by atoms with van der Waals surface area (Å²) in [5.41, 5.74) is 7.60. The third kappa shape index (κ3) is 3.14. The molecule has 0 heterocycles. The quantitative estimate of drug-likeness (QED) is 0.866. The number of rotatable bonds is 2. The molecule has 0 aliphatic heterocycles. The number of nitrogens with two attached hydrogens (primary N) is 1. The van der Waals surface area contributed by atoms with Crippen LogP contribution in [0.4, 0.5) is 0 Å². The number of hydrogen-bond acceptors (Lipinski definition) is 1. The third-order valence-electron chi connectivity index (χ3n) is 1.69. The molecule has 1 aromatic rings. The Hall–Kier alpha value is -0.310. The fraction of sp³-hybridized carbons (Fsp3) is 0.200. The molecule has 0 amide bonds. The number of benzene rings is 1. The monoisotopic (exact) mass is 259 g/mol. The molecule has 0 spiro atoms. The first kappa shape index (κ1) is 10.8. The van der Waals surface area contributed by atoms with Gasteiger partial charge in [0.2, 0.25) is 0 Å². The van der Waals surface area contributed by atoms with E-state index in [2.05, 4.69) is 15.9 Å². The van der Waals surface area contributed by atoms with Crippen molar-refractivity contribution in [3.8, 4) is 0 Å². The van der Waals surface area contributed by atoms with Gasteiger partial charge < -0.3 is 5.73 Å². The molecule has 0 aliphatic carbocycles. The lowest BCUT2D eigenvalue weighted by atomic mass is 10.1. The Morgan fingerprint density at radius 3 is 2.85 bits per heavy atom.